The number of halogens is 1. The highest BCUT2D eigenvalue weighted by Crippen LogP contribution is 2.30. The number of aromatic nitrogens is 2. The molecule has 0 aliphatic heterocycles. The Morgan fingerprint density at radius 2 is 2.10 bits per heavy atom. The molecule has 2 rings (SSSR count). The van der Waals surface area contributed by atoms with Crippen LogP contribution in [0.1, 0.15) is 56.8 Å². The molecule has 1 aliphatic carbocycles. The molecular weight excluding hydrogens is 314 g/mol. The summed E-state index contributed by atoms with van der Waals surface area (Å²) in [5.41, 5.74) is 2.45. The summed E-state index contributed by atoms with van der Waals surface area (Å²) in [6.07, 6.45) is 9.52. The third kappa shape index (κ3) is 3.85. The third-order valence-electron chi connectivity index (χ3n) is 4.70. The molecule has 1 heterocycles. The normalized spacial score (nSPS) is 17.8. The van der Waals surface area contributed by atoms with E-state index in [1.807, 2.05) is 0 Å². The van der Waals surface area contributed by atoms with E-state index in [4.69, 9.17) is 0 Å². The van der Waals surface area contributed by atoms with Crippen LogP contribution < -0.4 is 5.32 Å². The topological polar surface area (TPSA) is 29.9 Å². The summed E-state index contributed by atoms with van der Waals surface area (Å²) in [6.45, 7) is 5.18. The summed E-state index contributed by atoms with van der Waals surface area (Å²) in [4.78, 5) is 0. The zero-order valence-electron chi connectivity index (χ0n) is 13.1. The van der Waals surface area contributed by atoms with Crippen LogP contribution in [0.5, 0.6) is 0 Å². The Morgan fingerprint density at radius 3 is 2.70 bits per heavy atom. The van der Waals surface area contributed by atoms with E-state index < -0.39 is 0 Å². The zero-order chi connectivity index (χ0) is 14.5. The van der Waals surface area contributed by atoms with Crippen LogP contribution in [0.4, 0.5) is 0 Å². The molecule has 1 unspecified atom stereocenters. The molecule has 0 spiro atoms. The second-order valence-electron chi connectivity index (χ2n) is 6.08. The molecule has 0 aromatic carbocycles. The Hall–Kier alpha value is -0.350. The average molecular weight is 342 g/mol. The summed E-state index contributed by atoms with van der Waals surface area (Å²) < 4.78 is 3.33. The lowest BCUT2D eigenvalue weighted by Crippen LogP contribution is -2.29. The molecule has 0 radical (unpaired) electrons. The van der Waals surface area contributed by atoms with E-state index in [0.29, 0.717) is 6.04 Å². The lowest BCUT2D eigenvalue weighted by Gasteiger charge is -2.19. The number of hydrogen-bond acceptors (Lipinski definition) is 2. The molecule has 20 heavy (non-hydrogen) atoms. The van der Waals surface area contributed by atoms with Gasteiger partial charge in [0.1, 0.15) is 0 Å². The van der Waals surface area contributed by atoms with Gasteiger partial charge < -0.3 is 5.32 Å². The molecule has 0 bridgehead atoms. The van der Waals surface area contributed by atoms with Crippen LogP contribution in [-0.4, -0.2) is 22.9 Å². The smallest absolute Gasteiger partial charge is 0.0738 e. The van der Waals surface area contributed by atoms with Crippen molar-refractivity contribution in [3.05, 3.63) is 15.9 Å². The van der Waals surface area contributed by atoms with Crippen LogP contribution in [0.3, 0.4) is 0 Å². The first-order valence-electron chi connectivity index (χ1n) is 8.04. The SMILES string of the molecule is CCn1nc(C)c(Br)c1CC(CCC1CCCC1)NC. The number of nitrogens with zero attached hydrogens (tertiary/aromatic N) is 2. The van der Waals surface area contributed by atoms with Gasteiger partial charge >= 0.3 is 0 Å². The molecule has 0 saturated heterocycles. The van der Waals surface area contributed by atoms with Gasteiger partial charge in [-0.3, -0.25) is 4.68 Å². The first-order valence-corrected chi connectivity index (χ1v) is 8.84. The highest BCUT2D eigenvalue weighted by atomic mass is 79.9. The molecule has 0 amide bonds. The van der Waals surface area contributed by atoms with Gasteiger partial charge in [-0.2, -0.15) is 5.10 Å². The number of hydrogen-bond donors (Lipinski definition) is 1. The molecule has 1 saturated carbocycles. The molecular formula is C16H28BrN3. The van der Waals surface area contributed by atoms with Crippen molar-refractivity contribution in [3.8, 4) is 0 Å². The van der Waals surface area contributed by atoms with Gasteiger partial charge in [-0.1, -0.05) is 25.7 Å². The quantitative estimate of drug-likeness (QED) is 0.809. The van der Waals surface area contributed by atoms with Crippen molar-refractivity contribution in [2.45, 2.75) is 71.4 Å². The van der Waals surface area contributed by atoms with Gasteiger partial charge in [0.05, 0.1) is 15.9 Å². The first-order chi connectivity index (χ1) is 9.65. The van der Waals surface area contributed by atoms with Crippen LogP contribution >= 0.6 is 15.9 Å². The van der Waals surface area contributed by atoms with E-state index in [-0.39, 0.29) is 0 Å². The number of nitrogens with one attached hydrogen (secondary N) is 1. The molecule has 1 aromatic rings. The molecule has 1 aliphatic rings. The van der Waals surface area contributed by atoms with Crippen molar-refractivity contribution in [2.24, 2.45) is 5.92 Å². The fourth-order valence-corrected chi connectivity index (χ4v) is 3.83. The Labute approximate surface area is 131 Å². The van der Waals surface area contributed by atoms with E-state index in [9.17, 15) is 0 Å². The number of aryl methyl sites for hydroxylation is 2. The Bertz CT molecular complexity index is 422. The monoisotopic (exact) mass is 341 g/mol. The molecule has 114 valence electrons. The lowest BCUT2D eigenvalue weighted by molar-refractivity contribution is 0.411. The van der Waals surface area contributed by atoms with E-state index in [2.05, 4.69) is 51.9 Å². The Balaban J connectivity index is 1.95. The standard InChI is InChI=1S/C16H28BrN3/c1-4-20-15(16(17)12(2)19-20)11-14(18-3)10-9-13-7-5-6-8-13/h13-14,18H,4-11H2,1-3H3. The van der Waals surface area contributed by atoms with E-state index in [0.717, 1.165) is 24.6 Å². The van der Waals surface area contributed by atoms with Crippen molar-refractivity contribution in [2.75, 3.05) is 7.05 Å². The largest absolute Gasteiger partial charge is 0.317 e. The highest BCUT2D eigenvalue weighted by molar-refractivity contribution is 9.10. The second-order valence-corrected chi connectivity index (χ2v) is 6.87. The third-order valence-corrected chi connectivity index (χ3v) is 5.73. The maximum absolute atomic E-state index is 4.60. The molecule has 1 N–H and O–H groups in total. The van der Waals surface area contributed by atoms with Crippen molar-refractivity contribution in [1.82, 2.24) is 15.1 Å². The molecule has 4 heteroatoms. The van der Waals surface area contributed by atoms with Crippen molar-refractivity contribution in [3.63, 3.8) is 0 Å². The molecule has 3 nitrogen and oxygen atoms in total. The average Bonchev–Trinajstić information content (AvgIpc) is 3.06. The van der Waals surface area contributed by atoms with Crippen LogP contribution in [0, 0.1) is 12.8 Å². The fraction of sp³-hybridized carbons (Fsp3) is 0.812. The van der Waals surface area contributed by atoms with Gasteiger partial charge in [0.15, 0.2) is 0 Å². The predicted molar refractivity (Wildman–Crippen MR) is 88.1 cm³/mol. The summed E-state index contributed by atoms with van der Waals surface area (Å²) in [5.74, 6) is 0.979. The van der Waals surface area contributed by atoms with Gasteiger partial charge in [-0.15, -0.1) is 0 Å². The summed E-state index contributed by atoms with van der Waals surface area (Å²) in [6, 6.07) is 0.563. The zero-order valence-corrected chi connectivity index (χ0v) is 14.7. The minimum atomic E-state index is 0.563. The summed E-state index contributed by atoms with van der Waals surface area (Å²) in [5, 5.41) is 8.10. The first kappa shape index (κ1) is 16.0. The van der Waals surface area contributed by atoms with Crippen molar-refractivity contribution in [1.29, 1.82) is 0 Å². The number of rotatable bonds is 7. The number of likely N-dealkylation sites (N-methyl/N-ethyl adjacent to an activating group) is 1. The minimum absolute atomic E-state index is 0.563. The molecule has 1 atom stereocenters. The van der Waals surface area contributed by atoms with Crippen molar-refractivity contribution >= 4 is 15.9 Å². The highest BCUT2D eigenvalue weighted by Gasteiger charge is 2.20. The Morgan fingerprint density at radius 1 is 1.40 bits per heavy atom. The van der Waals surface area contributed by atoms with E-state index in [1.54, 1.807) is 0 Å². The lowest BCUT2D eigenvalue weighted by atomic mass is 9.96. The van der Waals surface area contributed by atoms with Crippen LogP contribution in [0.25, 0.3) is 0 Å². The van der Waals surface area contributed by atoms with Crippen LogP contribution in [-0.2, 0) is 13.0 Å². The van der Waals surface area contributed by atoms with Crippen molar-refractivity contribution < 1.29 is 0 Å². The van der Waals surface area contributed by atoms with Gasteiger partial charge in [0.2, 0.25) is 0 Å². The van der Waals surface area contributed by atoms with Crippen LogP contribution in [0.2, 0.25) is 0 Å². The second kappa shape index (κ2) is 7.60. The summed E-state index contributed by atoms with van der Waals surface area (Å²) in [7, 11) is 2.09. The van der Waals surface area contributed by atoms with Gasteiger partial charge in [-0.05, 0) is 55.6 Å². The molecule has 1 aromatic heterocycles. The van der Waals surface area contributed by atoms with Gasteiger partial charge in [-0.25, -0.2) is 0 Å². The predicted octanol–water partition coefficient (Wildman–Crippen LogP) is 4.07. The molecule has 1 fully saturated rings. The summed E-state index contributed by atoms with van der Waals surface area (Å²) >= 11 is 3.71. The Kier molecular flexibility index (Phi) is 6.09. The van der Waals surface area contributed by atoms with Gasteiger partial charge in [0, 0.05) is 19.0 Å². The van der Waals surface area contributed by atoms with E-state index in [1.165, 1.54) is 48.7 Å². The fourth-order valence-electron chi connectivity index (χ4n) is 3.38. The maximum Gasteiger partial charge on any atom is 0.0738 e. The maximum atomic E-state index is 4.60. The van der Waals surface area contributed by atoms with Gasteiger partial charge in [0.25, 0.3) is 0 Å². The minimum Gasteiger partial charge on any atom is -0.317 e. The van der Waals surface area contributed by atoms with Crippen LogP contribution in [0.15, 0.2) is 4.47 Å². The van der Waals surface area contributed by atoms with E-state index >= 15 is 0 Å².